The van der Waals surface area contributed by atoms with E-state index in [1.165, 1.54) is 12.3 Å². The Kier molecular flexibility index (Phi) is 6.08. The lowest BCUT2D eigenvalue weighted by atomic mass is 10.1. The molecule has 0 aliphatic carbocycles. The molecule has 0 atom stereocenters. The SMILES string of the molecule is O=C(NCCc1ccc(Cl)cc1)c1cnn(-c2ccnc3cc(Cl)ccc23)c1C(F)(F)F. The maximum atomic E-state index is 14.0. The molecule has 0 saturated carbocycles. The fourth-order valence-electron chi connectivity index (χ4n) is 3.33. The maximum absolute atomic E-state index is 14.0. The maximum Gasteiger partial charge on any atom is 0.434 e. The number of aromatic nitrogens is 3. The Morgan fingerprint density at radius 1 is 1.03 bits per heavy atom. The van der Waals surface area contributed by atoms with E-state index in [4.69, 9.17) is 23.2 Å². The van der Waals surface area contributed by atoms with Crippen molar-refractivity contribution >= 4 is 40.0 Å². The van der Waals surface area contributed by atoms with E-state index < -0.39 is 23.3 Å². The molecule has 10 heteroatoms. The van der Waals surface area contributed by atoms with Crippen molar-refractivity contribution in [2.45, 2.75) is 12.6 Å². The number of benzene rings is 2. The van der Waals surface area contributed by atoms with Crippen molar-refractivity contribution in [3.63, 3.8) is 0 Å². The highest BCUT2D eigenvalue weighted by atomic mass is 35.5. The number of nitrogens with one attached hydrogen (secondary N) is 1. The molecular formula is C22H15Cl2F3N4O. The largest absolute Gasteiger partial charge is 0.434 e. The highest BCUT2D eigenvalue weighted by Crippen LogP contribution is 2.35. The molecule has 32 heavy (non-hydrogen) atoms. The molecule has 0 bridgehead atoms. The molecule has 1 N–H and O–H groups in total. The summed E-state index contributed by atoms with van der Waals surface area (Å²) in [5, 5.41) is 7.81. The zero-order valence-electron chi connectivity index (χ0n) is 16.3. The van der Waals surface area contributed by atoms with Crippen molar-refractivity contribution in [3.8, 4) is 5.69 Å². The summed E-state index contributed by atoms with van der Waals surface area (Å²) in [5.41, 5.74) is -0.286. The number of nitrogens with zero attached hydrogens (tertiary/aromatic N) is 3. The molecule has 0 radical (unpaired) electrons. The van der Waals surface area contributed by atoms with Crippen molar-refractivity contribution in [2.24, 2.45) is 0 Å². The summed E-state index contributed by atoms with van der Waals surface area (Å²) in [6, 6.07) is 13.0. The lowest BCUT2D eigenvalue weighted by Crippen LogP contribution is -2.28. The molecule has 4 aromatic rings. The van der Waals surface area contributed by atoms with Crippen LogP contribution in [0.1, 0.15) is 21.6 Å². The Bertz CT molecular complexity index is 1290. The number of fused-ring (bicyclic) bond motifs is 1. The first kappa shape index (κ1) is 22.1. The quantitative estimate of drug-likeness (QED) is 0.399. The first-order chi connectivity index (χ1) is 15.2. The summed E-state index contributed by atoms with van der Waals surface area (Å²) in [5.74, 6) is -0.862. The van der Waals surface area contributed by atoms with E-state index in [2.05, 4.69) is 15.4 Å². The molecule has 2 aromatic carbocycles. The van der Waals surface area contributed by atoms with Gasteiger partial charge in [-0.15, -0.1) is 0 Å². The van der Waals surface area contributed by atoms with Gasteiger partial charge in [0.05, 0.1) is 23.0 Å². The molecule has 0 fully saturated rings. The Morgan fingerprint density at radius 2 is 1.75 bits per heavy atom. The second-order valence-electron chi connectivity index (χ2n) is 6.94. The minimum Gasteiger partial charge on any atom is -0.352 e. The molecule has 2 heterocycles. The summed E-state index contributed by atoms with van der Waals surface area (Å²) >= 11 is 11.8. The first-order valence-electron chi connectivity index (χ1n) is 9.46. The number of hydrogen-bond acceptors (Lipinski definition) is 3. The number of alkyl halides is 3. The highest BCUT2D eigenvalue weighted by Gasteiger charge is 2.40. The molecule has 1 amide bonds. The van der Waals surface area contributed by atoms with Crippen molar-refractivity contribution < 1.29 is 18.0 Å². The summed E-state index contributed by atoms with van der Waals surface area (Å²) < 4.78 is 42.7. The van der Waals surface area contributed by atoms with Gasteiger partial charge in [0.25, 0.3) is 5.91 Å². The fourth-order valence-corrected chi connectivity index (χ4v) is 3.62. The monoisotopic (exact) mass is 478 g/mol. The Balaban J connectivity index is 1.65. The minimum absolute atomic E-state index is 0.138. The fraction of sp³-hybridized carbons (Fsp3) is 0.136. The summed E-state index contributed by atoms with van der Waals surface area (Å²) in [6.45, 7) is 0.152. The highest BCUT2D eigenvalue weighted by molar-refractivity contribution is 6.31. The summed E-state index contributed by atoms with van der Waals surface area (Å²) in [4.78, 5) is 16.7. The van der Waals surface area contributed by atoms with E-state index >= 15 is 0 Å². The predicted molar refractivity (Wildman–Crippen MR) is 116 cm³/mol. The molecule has 0 saturated heterocycles. The van der Waals surface area contributed by atoms with Crippen LogP contribution < -0.4 is 5.32 Å². The van der Waals surface area contributed by atoms with Crippen LogP contribution in [-0.2, 0) is 12.6 Å². The van der Waals surface area contributed by atoms with E-state index in [0.717, 1.165) is 11.8 Å². The van der Waals surface area contributed by atoms with Crippen LogP contribution in [0.3, 0.4) is 0 Å². The van der Waals surface area contributed by atoms with Crippen molar-refractivity contribution in [1.29, 1.82) is 0 Å². The number of amides is 1. The van der Waals surface area contributed by atoms with Crippen LogP contribution in [0.25, 0.3) is 16.6 Å². The zero-order valence-corrected chi connectivity index (χ0v) is 17.8. The molecule has 4 rings (SSSR count). The van der Waals surface area contributed by atoms with Crippen molar-refractivity contribution in [3.05, 3.63) is 87.8 Å². The van der Waals surface area contributed by atoms with Gasteiger partial charge in [0.15, 0.2) is 5.69 Å². The van der Waals surface area contributed by atoms with E-state index in [-0.39, 0.29) is 12.2 Å². The molecule has 2 aromatic heterocycles. The van der Waals surface area contributed by atoms with E-state index in [9.17, 15) is 18.0 Å². The van der Waals surface area contributed by atoms with E-state index in [1.54, 1.807) is 42.5 Å². The van der Waals surface area contributed by atoms with Crippen LogP contribution >= 0.6 is 23.2 Å². The van der Waals surface area contributed by atoms with Gasteiger partial charge >= 0.3 is 6.18 Å². The van der Waals surface area contributed by atoms with Gasteiger partial charge in [0.1, 0.15) is 0 Å². The van der Waals surface area contributed by atoms with Gasteiger partial charge in [0.2, 0.25) is 0 Å². The molecular weight excluding hydrogens is 464 g/mol. The predicted octanol–water partition coefficient (Wildman–Crippen LogP) is 5.72. The van der Waals surface area contributed by atoms with Gasteiger partial charge in [-0.1, -0.05) is 35.3 Å². The topological polar surface area (TPSA) is 59.8 Å². The molecule has 164 valence electrons. The average molecular weight is 479 g/mol. The Morgan fingerprint density at radius 3 is 2.47 bits per heavy atom. The number of hydrogen-bond donors (Lipinski definition) is 1. The second kappa shape index (κ2) is 8.80. The van der Waals surface area contributed by atoms with Crippen LogP contribution in [0.15, 0.2) is 60.9 Å². The smallest absolute Gasteiger partial charge is 0.352 e. The number of halogens is 5. The van der Waals surface area contributed by atoms with Gasteiger partial charge in [-0.05, 0) is 48.4 Å². The number of rotatable bonds is 5. The molecule has 5 nitrogen and oxygen atoms in total. The standard InChI is InChI=1S/C22H15Cl2F3N4O/c23-14-3-1-13(2-4-14)7-9-29-21(32)17-12-30-31(20(17)22(25,26)27)19-8-10-28-18-11-15(24)5-6-16(18)19/h1-6,8,10-12H,7,9H2,(H,29,32). The van der Waals surface area contributed by atoms with Crippen LogP contribution in [0, 0.1) is 0 Å². The van der Waals surface area contributed by atoms with Gasteiger partial charge < -0.3 is 5.32 Å². The van der Waals surface area contributed by atoms with E-state index in [0.29, 0.717) is 32.1 Å². The third-order valence-electron chi connectivity index (χ3n) is 4.80. The summed E-state index contributed by atoms with van der Waals surface area (Å²) in [6.07, 6.45) is -2.10. The Labute approximate surface area is 190 Å². The van der Waals surface area contributed by atoms with Gasteiger partial charge in [-0.2, -0.15) is 18.3 Å². The normalized spacial score (nSPS) is 11.7. The van der Waals surface area contributed by atoms with Crippen LogP contribution in [0.2, 0.25) is 10.0 Å². The van der Waals surface area contributed by atoms with Gasteiger partial charge in [-0.25, -0.2) is 4.68 Å². The van der Waals surface area contributed by atoms with Crippen molar-refractivity contribution in [2.75, 3.05) is 6.54 Å². The van der Waals surface area contributed by atoms with Crippen LogP contribution in [-0.4, -0.2) is 27.2 Å². The van der Waals surface area contributed by atoms with Gasteiger partial charge in [0, 0.05) is 28.2 Å². The minimum atomic E-state index is -4.82. The first-order valence-corrected chi connectivity index (χ1v) is 10.2. The number of pyridine rings is 1. The average Bonchev–Trinajstić information content (AvgIpc) is 3.20. The van der Waals surface area contributed by atoms with Crippen LogP contribution in [0.4, 0.5) is 13.2 Å². The van der Waals surface area contributed by atoms with Gasteiger partial charge in [-0.3, -0.25) is 9.78 Å². The Hall–Kier alpha value is -3.10. The molecule has 0 aliphatic rings. The van der Waals surface area contributed by atoms with Crippen LogP contribution in [0.5, 0.6) is 0 Å². The molecule has 0 spiro atoms. The third kappa shape index (κ3) is 4.56. The van der Waals surface area contributed by atoms with Crippen molar-refractivity contribution in [1.82, 2.24) is 20.1 Å². The molecule has 0 unspecified atom stereocenters. The number of carbonyl (C=O) groups is 1. The van der Waals surface area contributed by atoms with E-state index in [1.807, 2.05) is 0 Å². The molecule has 0 aliphatic heterocycles. The second-order valence-corrected chi connectivity index (χ2v) is 7.81. The zero-order chi connectivity index (χ0) is 22.9. The number of carbonyl (C=O) groups excluding carboxylic acids is 1. The lowest BCUT2D eigenvalue weighted by Gasteiger charge is -2.14. The lowest BCUT2D eigenvalue weighted by molar-refractivity contribution is -0.143. The third-order valence-corrected chi connectivity index (χ3v) is 5.29. The summed E-state index contributed by atoms with van der Waals surface area (Å²) in [7, 11) is 0.